The lowest BCUT2D eigenvalue weighted by Gasteiger charge is -2.03. The van der Waals surface area contributed by atoms with Gasteiger partial charge in [-0.05, 0) is 37.5 Å². The Labute approximate surface area is 132 Å². The van der Waals surface area contributed by atoms with Gasteiger partial charge in [0.15, 0.2) is 0 Å². The summed E-state index contributed by atoms with van der Waals surface area (Å²) in [4.78, 5) is 0. The predicted molar refractivity (Wildman–Crippen MR) is 91.2 cm³/mol. The molecule has 1 heterocycles. The number of aryl methyl sites for hydroxylation is 2. The maximum atomic E-state index is 2.35. The van der Waals surface area contributed by atoms with Crippen LogP contribution in [0.15, 0.2) is 18.7 Å². The van der Waals surface area contributed by atoms with Crippen LogP contribution in [0.4, 0.5) is 0 Å². The van der Waals surface area contributed by atoms with Gasteiger partial charge in [-0.2, -0.15) is 0 Å². The van der Waals surface area contributed by atoms with Crippen molar-refractivity contribution in [2.24, 2.45) is 11.8 Å². The van der Waals surface area contributed by atoms with E-state index in [4.69, 9.17) is 0 Å². The fourth-order valence-electron chi connectivity index (χ4n) is 2.75. The molecule has 0 amide bonds. The standard InChI is InChI=1S/C19H37N2/c1-18(2)11-7-5-9-13-20-15-16-21(17-20)14-10-6-8-12-19(3)4/h15-19H,5-14H2,1-4H3/q+1. The molecule has 0 fully saturated rings. The molecule has 0 aromatic carbocycles. The highest BCUT2D eigenvalue weighted by molar-refractivity contribution is 4.66. The molecule has 1 aromatic rings. The Morgan fingerprint density at radius 1 is 0.810 bits per heavy atom. The first-order chi connectivity index (χ1) is 10.1. The second-order valence-corrected chi connectivity index (χ2v) is 7.38. The van der Waals surface area contributed by atoms with Crippen LogP contribution in [0.1, 0.15) is 79.1 Å². The van der Waals surface area contributed by atoms with Gasteiger partial charge in [-0.3, -0.25) is 0 Å². The summed E-state index contributed by atoms with van der Waals surface area (Å²) in [5.74, 6) is 1.71. The molecule has 0 aliphatic carbocycles. The van der Waals surface area contributed by atoms with Crippen LogP contribution < -0.4 is 4.57 Å². The lowest BCUT2D eigenvalue weighted by Crippen LogP contribution is -2.30. The van der Waals surface area contributed by atoms with Crippen LogP contribution >= 0.6 is 0 Å². The lowest BCUT2D eigenvalue weighted by atomic mass is 10.1. The Hall–Kier alpha value is -0.790. The first-order valence-corrected chi connectivity index (χ1v) is 9.12. The van der Waals surface area contributed by atoms with E-state index < -0.39 is 0 Å². The quantitative estimate of drug-likeness (QED) is 0.369. The largest absolute Gasteiger partial charge is 0.243 e. The third-order valence-corrected chi connectivity index (χ3v) is 4.14. The number of unbranched alkanes of at least 4 members (excludes halogenated alkanes) is 4. The first-order valence-electron chi connectivity index (χ1n) is 9.12. The van der Waals surface area contributed by atoms with E-state index in [1.165, 1.54) is 64.5 Å². The molecule has 0 radical (unpaired) electrons. The molecule has 0 saturated carbocycles. The minimum Gasteiger partial charge on any atom is -0.237 e. The fraction of sp³-hybridized carbons (Fsp3) is 0.842. The summed E-state index contributed by atoms with van der Waals surface area (Å²) in [5.41, 5.74) is 0. The van der Waals surface area contributed by atoms with Gasteiger partial charge >= 0.3 is 0 Å². The van der Waals surface area contributed by atoms with E-state index in [1.807, 2.05) is 0 Å². The highest BCUT2D eigenvalue weighted by atomic mass is 15.1. The summed E-state index contributed by atoms with van der Waals surface area (Å²) >= 11 is 0. The molecule has 0 aliphatic heterocycles. The fourth-order valence-corrected chi connectivity index (χ4v) is 2.75. The summed E-state index contributed by atoms with van der Waals surface area (Å²) in [7, 11) is 0. The van der Waals surface area contributed by atoms with E-state index in [-0.39, 0.29) is 0 Å². The van der Waals surface area contributed by atoms with Crippen LogP contribution in [0.2, 0.25) is 0 Å². The van der Waals surface area contributed by atoms with Gasteiger partial charge in [0.25, 0.3) is 0 Å². The zero-order valence-corrected chi connectivity index (χ0v) is 14.9. The number of imidazole rings is 1. The molecule has 21 heavy (non-hydrogen) atoms. The summed E-state index contributed by atoms with van der Waals surface area (Å²) < 4.78 is 4.70. The van der Waals surface area contributed by atoms with Crippen LogP contribution in [0.3, 0.4) is 0 Å². The Kier molecular flexibility index (Phi) is 9.45. The van der Waals surface area contributed by atoms with Gasteiger partial charge < -0.3 is 0 Å². The van der Waals surface area contributed by atoms with Crippen molar-refractivity contribution in [1.82, 2.24) is 4.57 Å². The minimum absolute atomic E-state index is 0.856. The maximum Gasteiger partial charge on any atom is 0.243 e. The van der Waals surface area contributed by atoms with Crippen molar-refractivity contribution in [3.05, 3.63) is 18.7 Å². The zero-order valence-electron chi connectivity index (χ0n) is 14.9. The van der Waals surface area contributed by atoms with Gasteiger partial charge in [0.2, 0.25) is 6.33 Å². The number of aromatic nitrogens is 2. The Morgan fingerprint density at radius 2 is 1.43 bits per heavy atom. The summed E-state index contributed by atoms with van der Waals surface area (Å²) in [6.45, 7) is 11.6. The Balaban J connectivity index is 2.07. The van der Waals surface area contributed by atoms with Crippen LogP contribution in [0, 0.1) is 11.8 Å². The van der Waals surface area contributed by atoms with Gasteiger partial charge in [-0.25, -0.2) is 9.13 Å². The molecule has 1 aromatic heterocycles. The van der Waals surface area contributed by atoms with E-state index in [0.717, 1.165) is 11.8 Å². The van der Waals surface area contributed by atoms with E-state index in [0.29, 0.717) is 0 Å². The number of hydrogen-bond acceptors (Lipinski definition) is 0. The molecule has 122 valence electrons. The van der Waals surface area contributed by atoms with Gasteiger partial charge in [0, 0.05) is 0 Å². The molecule has 0 spiro atoms. The normalized spacial score (nSPS) is 11.7. The second kappa shape index (κ2) is 10.9. The van der Waals surface area contributed by atoms with Crippen molar-refractivity contribution >= 4 is 0 Å². The maximum absolute atomic E-state index is 2.35. The third kappa shape index (κ3) is 9.71. The number of nitrogens with zero attached hydrogens (tertiary/aromatic N) is 2. The zero-order chi connectivity index (χ0) is 15.5. The molecule has 2 nitrogen and oxygen atoms in total. The summed E-state index contributed by atoms with van der Waals surface area (Å²) in [5, 5.41) is 0. The highest BCUT2D eigenvalue weighted by Gasteiger charge is 2.04. The van der Waals surface area contributed by atoms with Gasteiger partial charge in [-0.15, -0.1) is 0 Å². The molecule has 0 unspecified atom stereocenters. The Bertz CT molecular complexity index is 320. The monoisotopic (exact) mass is 293 g/mol. The van der Waals surface area contributed by atoms with Crippen LogP contribution in [0.5, 0.6) is 0 Å². The molecule has 2 heteroatoms. The molecule has 0 aliphatic rings. The molecular formula is C19H37N2+. The van der Waals surface area contributed by atoms with Crippen LogP contribution in [-0.2, 0) is 13.1 Å². The molecule has 0 bridgehead atoms. The van der Waals surface area contributed by atoms with Crippen molar-refractivity contribution in [2.45, 2.75) is 92.2 Å². The van der Waals surface area contributed by atoms with E-state index in [2.05, 4.69) is 55.6 Å². The summed E-state index contributed by atoms with van der Waals surface area (Å²) in [6, 6.07) is 0. The average molecular weight is 294 g/mol. The van der Waals surface area contributed by atoms with Crippen molar-refractivity contribution in [2.75, 3.05) is 0 Å². The smallest absolute Gasteiger partial charge is 0.237 e. The third-order valence-electron chi connectivity index (χ3n) is 4.14. The van der Waals surface area contributed by atoms with Crippen LogP contribution in [0.25, 0.3) is 0 Å². The number of hydrogen-bond donors (Lipinski definition) is 0. The molecular weight excluding hydrogens is 256 g/mol. The highest BCUT2D eigenvalue weighted by Crippen LogP contribution is 2.09. The van der Waals surface area contributed by atoms with Crippen molar-refractivity contribution in [1.29, 1.82) is 0 Å². The lowest BCUT2D eigenvalue weighted by molar-refractivity contribution is -0.696. The van der Waals surface area contributed by atoms with Gasteiger partial charge in [0.05, 0.1) is 13.1 Å². The van der Waals surface area contributed by atoms with Gasteiger partial charge in [-0.1, -0.05) is 53.4 Å². The van der Waals surface area contributed by atoms with Gasteiger partial charge in [0.1, 0.15) is 12.4 Å². The van der Waals surface area contributed by atoms with Crippen molar-refractivity contribution < 1.29 is 4.57 Å². The number of rotatable bonds is 12. The van der Waals surface area contributed by atoms with Crippen molar-refractivity contribution in [3.8, 4) is 0 Å². The SMILES string of the molecule is CC(C)CCCCCn1cc[n+](CCCCCC(C)C)c1. The van der Waals surface area contributed by atoms with Crippen LogP contribution in [-0.4, -0.2) is 4.57 Å². The molecule has 0 saturated heterocycles. The van der Waals surface area contributed by atoms with E-state index in [1.54, 1.807) is 0 Å². The van der Waals surface area contributed by atoms with Crippen molar-refractivity contribution in [3.63, 3.8) is 0 Å². The summed E-state index contributed by atoms with van der Waals surface area (Å²) in [6.07, 6.45) is 17.6. The van der Waals surface area contributed by atoms with E-state index >= 15 is 0 Å². The predicted octanol–water partition coefficient (Wildman–Crippen LogP) is 5.21. The second-order valence-electron chi connectivity index (χ2n) is 7.38. The average Bonchev–Trinajstić information content (AvgIpc) is 2.85. The molecule has 0 atom stereocenters. The molecule has 1 rings (SSSR count). The molecule has 0 N–H and O–H groups in total. The first kappa shape index (κ1) is 18.3. The Morgan fingerprint density at radius 3 is 2.05 bits per heavy atom. The topological polar surface area (TPSA) is 8.81 Å². The minimum atomic E-state index is 0.856. The van der Waals surface area contributed by atoms with E-state index in [9.17, 15) is 0 Å².